The van der Waals surface area contributed by atoms with Gasteiger partial charge in [0.15, 0.2) is 0 Å². The minimum absolute atomic E-state index is 0.495. The maximum Gasteiger partial charge on any atom is 0.0452 e. The molecule has 2 rings (SSSR count). The number of fused-ring (bicyclic) bond motifs is 1. The van der Waals surface area contributed by atoms with Crippen LogP contribution in [0, 0.1) is 6.92 Å². The second-order valence-corrected chi connectivity index (χ2v) is 3.87. The Labute approximate surface area is 84.0 Å². The molecular weight excluding hydrogens is 172 g/mol. The van der Waals surface area contributed by atoms with E-state index >= 15 is 0 Å². The summed E-state index contributed by atoms with van der Waals surface area (Å²) < 4.78 is 0. The molecule has 0 bridgehead atoms. The van der Waals surface area contributed by atoms with E-state index in [1.165, 1.54) is 16.3 Å². The summed E-state index contributed by atoms with van der Waals surface area (Å²) >= 11 is 0. The van der Waals surface area contributed by atoms with Gasteiger partial charge in [-0.2, -0.15) is 0 Å². The number of hydrogen-bond donors (Lipinski definition) is 0. The Morgan fingerprint density at radius 3 is 2.64 bits per heavy atom. The lowest BCUT2D eigenvalue weighted by atomic mass is 9.99. The van der Waals surface area contributed by atoms with Crippen molar-refractivity contribution in [2.75, 3.05) is 0 Å². The number of aryl methyl sites for hydroxylation is 1. The van der Waals surface area contributed by atoms with Crippen LogP contribution in [0.3, 0.4) is 0 Å². The van der Waals surface area contributed by atoms with Gasteiger partial charge in [0.1, 0.15) is 0 Å². The minimum Gasteiger partial charge on any atom is -0.264 e. The standard InChI is InChI=1S/C12H14N2/c1-8(2)11-7-14-9(3)10-4-5-13-6-12(10)11/h4-8H,1-3H3. The third-order valence-corrected chi connectivity index (χ3v) is 2.54. The number of pyridine rings is 2. The van der Waals surface area contributed by atoms with Gasteiger partial charge in [0.05, 0.1) is 0 Å². The van der Waals surface area contributed by atoms with Gasteiger partial charge in [0, 0.05) is 35.1 Å². The highest BCUT2D eigenvalue weighted by Crippen LogP contribution is 2.24. The van der Waals surface area contributed by atoms with Crippen molar-refractivity contribution in [1.82, 2.24) is 9.97 Å². The Kier molecular flexibility index (Phi) is 2.20. The SMILES string of the molecule is Cc1ncc(C(C)C)c2cnccc12. The van der Waals surface area contributed by atoms with Crippen LogP contribution in [0.4, 0.5) is 0 Å². The summed E-state index contributed by atoms with van der Waals surface area (Å²) in [6.45, 7) is 6.39. The number of aromatic nitrogens is 2. The van der Waals surface area contributed by atoms with Crippen LogP contribution in [0.25, 0.3) is 10.8 Å². The van der Waals surface area contributed by atoms with Crippen molar-refractivity contribution in [3.8, 4) is 0 Å². The first kappa shape index (κ1) is 9.13. The fraction of sp³-hybridized carbons (Fsp3) is 0.333. The van der Waals surface area contributed by atoms with Crippen LogP contribution in [-0.4, -0.2) is 9.97 Å². The molecule has 0 amide bonds. The molecule has 2 nitrogen and oxygen atoms in total. The van der Waals surface area contributed by atoms with E-state index in [4.69, 9.17) is 0 Å². The van der Waals surface area contributed by atoms with Gasteiger partial charge in [-0.15, -0.1) is 0 Å². The Morgan fingerprint density at radius 1 is 1.14 bits per heavy atom. The summed E-state index contributed by atoms with van der Waals surface area (Å²) in [5, 5.41) is 2.45. The minimum atomic E-state index is 0.495. The van der Waals surface area contributed by atoms with Crippen LogP contribution in [0.15, 0.2) is 24.7 Å². The van der Waals surface area contributed by atoms with Crippen molar-refractivity contribution in [3.63, 3.8) is 0 Å². The summed E-state index contributed by atoms with van der Waals surface area (Å²) in [6.07, 6.45) is 5.71. The third-order valence-electron chi connectivity index (χ3n) is 2.54. The molecule has 2 aromatic heterocycles. The molecule has 0 N–H and O–H groups in total. The highest BCUT2D eigenvalue weighted by atomic mass is 14.7. The van der Waals surface area contributed by atoms with Gasteiger partial charge < -0.3 is 0 Å². The third kappa shape index (κ3) is 1.37. The lowest BCUT2D eigenvalue weighted by Gasteiger charge is -2.10. The lowest BCUT2D eigenvalue weighted by molar-refractivity contribution is 0.866. The molecule has 0 aromatic carbocycles. The van der Waals surface area contributed by atoms with Crippen molar-refractivity contribution in [2.24, 2.45) is 0 Å². The quantitative estimate of drug-likeness (QED) is 0.684. The van der Waals surface area contributed by atoms with Crippen LogP contribution >= 0.6 is 0 Å². The van der Waals surface area contributed by atoms with Crippen molar-refractivity contribution in [1.29, 1.82) is 0 Å². The van der Waals surface area contributed by atoms with Gasteiger partial charge in [-0.1, -0.05) is 13.8 Å². The summed E-state index contributed by atoms with van der Waals surface area (Å²) in [4.78, 5) is 8.57. The van der Waals surface area contributed by atoms with Crippen LogP contribution in [0.1, 0.15) is 31.0 Å². The second kappa shape index (κ2) is 3.37. The van der Waals surface area contributed by atoms with E-state index in [1.54, 1.807) is 0 Å². The summed E-state index contributed by atoms with van der Waals surface area (Å²) in [5.74, 6) is 0.495. The van der Waals surface area contributed by atoms with E-state index in [1.807, 2.05) is 31.6 Å². The van der Waals surface area contributed by atoms with Gasteiger partial charge in [0.2, 0.25) is 0 Å². The van der Waals surface area contributed by atoms with Gasteiger partial charge in [-0.25, -0.2) is 0 Å². The number of hydrogen-bond acceptors (Lipinski definition) is 2. The van der Waals surface area contributed by atoms with Gasteiger partial charge in [0.25, 0.3) is 0 Å². The van der Waals surface area contributed by atoms with Crippen LogP contribution in [0.5, 0.6) is 0 Å². The highest BCUT2D eigenvalue weighted by molar-refractivity contribution is 5.86. The maximum atomic E-state index is 4.40. The zero-order chi connectivity index (χ0) is 10.1. The monoisotopic (exact) mass is 186 g/mol. The fourth-order valence-electron chi connectivity index (χ4n) is 1.71. The van der Waals surface area contributed by atoms with Crippen molar-refractivity contribution in [3.05, 3.63) is 35.9 Å². The molecule has 0 radical (unpaired) electrons. The zero-order valence-corrected chi connectivity index (χ0v) is 8.78. The topological polar surface area (TPSA) is 25.8 Å². The molecule has 0 saturated heterocycles. The maximum absolute atomic E-state index is 4.40. The first-order valence-electron chi connectivity index (χ1n) is 4.89. The normalized spacial score (nSPS) is 11.1. The molecule has 2 aromatic rings. The molecule has 0 fully saturated rings. The first-order valence-corrected chi connectivity index (χ1v) is 4.89. The fourth-order valence-corrected chi connectivity index (χ4v) is 1.71. The molecule has 0 aliphatic carbocycles. The van der Waals surface area contributed by atoms with Crippen LogP contribution in [-0.2, 0) is 0 Å². The molecule has 0 atom stereocenters. The van der Waals surface area contributed by atoms with E-state index in [0.29, 0.717) is 5.92 Å². The second-order valence-electron chi connectivity index (χ2n) is 3.87. The van der Waals surface area contributed by atoms with Gasteiger partial charge in [-0.05, 0) is 24.5 Å². The largest absolute Gasteiger partial charge is 0.264 e. The van der Waals surface area contributed by atoms with Gasteiger partial charge >= 0.3 is 0 Å². The molecular formula is C12H14N2. The summed E-state index contributed by atoms with van der Waals surface area (Å²) in [7, 11) is 0. The Morgan fingerprint density at radius 2 is 1.93 bits per heavy atom. The van der Waals surface area contributed by atoms with Crippen LogP contribution in [0.2, 0.25) is 0 Å². The van der Waals surface area contributed by atoms with Crippen molar-refractivity contribution in [2.45, 2.75) is 26.7 Å². The smallest absolute Gasteiger partial charge is 0.0452 e. The van der Waals surface area contributed by atoms with Crippen LogP contribution < -0.4 is 0 Å². The summed E-state index contributed by atoms with van der Waals surface area (Å²) in [5.41, 5.74) is 2.35. The van der Waals surface area contributed by atoms with Crippen molar-refractivity contribution >= 4 is 10.8 Å². The molecule has 0 aliphatic heterocycles. The molecule has 14 heavy (non-hydrogen) atoms. The predicted octanol–water partition coefficient (Wildman–Crippen LogP) is 3.06. The molecule has 72 valence electrons. The molecule has 0 aliphatic rings. The van der Waals surface area contributed by atoms with E-state index < -0.39 is 0 Å². The Hall–Kier alpha value is -1.44. The van der Waals surface area contributed by atoms with E-state index in [-0.39, 0.29) is 0 Å². The molecule has 2 heteroatoms. The average molecular weight is 186 g/mol. The van der Waals surface area contributed by atoms with E-state index in [9.17, 15) is 0 Å². The van der Waals surface area contributed by atoms with E-state index in [2.05, 4.69) is 23.8 Å². The molecule has 0 spiro atoms. The molecule has 0 unspecified atom stereocenters. The zero-order valence-electron chi connectivity index (χ0n) is 8.78. The Bertz CT molecular complexity index is 461. The highest BCUT2D eigenvalue weighted by Gasteiger charge is 2.07. The van der Waals surface area contributed by atoms with Gasteiger partial charge in [-0.3, -0.25) is 9.97 Å². The molecule has 0 saturated carbocycles. The first-order chi connectivity index (χ1) is 6.70. The number of nitrogens with zero attached hydrogens (tertiary/aromatic N) is 2. The average Bonchev–Trinajstić information content (AvgIpc) is 2.18. The van der Waals surface area contributed by atoms with E-state index in [0.717, 1.165) is 5.69 Å². The lowest BCUT2D eigenvalue weighted by Crippen LogP contribution is -1.94. The van der Waals surface area contributed by atoms with Crippen molar-refractivity contribution < 1.29 is 0 Å². The predicted molar refractivity (Wildman–Crippen MR) is 58.4 cm³/mol. The molecule has 2 heterocycles. The summed E-state index contributed by atoms with van der Waals surface area (Å²) in [6, 6.07) is 2.03. The Balaban J connectivity index is 2.82. The number of rotatable bonds is 1.